The van der Waals surface area contributed by atoms with Crippen LogP contribution in [0.2, 0.25) is 5.02 Å². The van der Waals surface area contributed by atoms with E-state index in [0.29, 0.717) is 13.1 Å². The van der Waals surface area contributed by atoms with Crippen molar-refractivity contribution in [1.29, 1.82) is 0 Å². The lowest BCUT2D eigenvalue weighted by Gasteiger charge is -2.13. The van der Waals surface area contributed by atoms with Crippen LogP contribution in [0.15, 0.2) is 84.9 Å². The quantitative estimate of drug-likeness (QED) is 0.444. The standard InChI is InChI=1S/C24H23ClN4/c1-18(20-10-4-2-5-11-20)26-16-23-24(21-12-6-3-7-13-21)28-29(27-23)17-19-9-8-14-22(25)15-19/h2-15,18,26H,16-17H2,1H3/t18-/m0/s1. The van der Waals surface area contributed by atoms with Crippen molar-refractivity contribution in [2.75, 3.05) is 0 Å². The van der Waals surface area contributed by atoms with E-state index in [0.717, 1.165) is 27.5 Å². The molecule has 4 rings (SSSR count). The van der Waals surface area contributed by atoms with Crippen LogP contribution >= 0.6 is 11.6 Å². The minimum absolute atomic E-state index is 0.220. The molecule has 1 heterocycles. The summed E-state index contributed by atoms with van der Waals surface area (Å²) in [6, 6.07) is 28.6. The topological polar surface area (TPSA) is 42.7 Å². The van der Waals surface area contributed by atoms with Crippen LogP contribution in [0.3, 0.4) is 0 Å². The molecule has 4 aromatic rings. The first-order valence-electron chi connectivity index (χ1n) is 9.71. The molecule has 1 N–H and O–H groups in total. The van der Waals surface area contributed by atoms with Crippen LogP contribution in [0.5, 0.6) is 0 Å². The zero-order valence-electron chi connectivity index (χ0n) is 16.3. The van der Waals surface area contributed by atoms with Gasteiger partial charge in [-0.05, 0) is 30.2 Å². The Morgan fingerprint density at radius 1 is 0.897 bits per heavy atom. The van der Waals surface area contributed by atoms with Gasteiger partial charge in [0.05, 0.1) is 6.54 Å². The Balaban J connectivity index is 1.58. The summed E-state index contributed by atoms with van der Waals surface area (Å²) in [4.78, 5) is 1.75. The highest BCUT2D eigenvalue weighted by Crippen LogP contribution is 2.22. The third-order valence-corrected chi connectivity index (χ3v) is 5.10. The second kappa shape index (κ2) is 9.03. The Hall–Kier alpha value is -2.95. The first kappa shape index (κ1) is 19.4. The smallest absolute Gasteiger partial charge is 0.117 e. The van der Waals surface area contributed by atoms with Gasteiger partial charge in [-0.15, -0.1) is 0 Å². The number of benzene rings is 3. The lowest BCUT2D eigenvalue weighted by molar-refractivity contribution is 0.547. The normalized spacial score (nSPS) is 12.1. The van der Waals surface area contributed by atoms with Gasteiger partial charge in [0.1, 0.15) is 11.4 Å². The van der Waals surface area contributed by atoms with E-state index < -0.39 is 0 Å². The first-order chi connectivity index (χ1) is 14.2. The van der Waals surface area contributed by atoms with E-state index in [9.17, 15) is 0 Å². The van der Waals surface area contributed by atoms with Crippen molar-refractivity contribution in [3.63, 3.8) is 0 Å². The van der Waals surface area contributed by atoms with Crippen LogP contribution in [-0.2, 0) is 13.1 Å². The fourth-order valence-corrected chi connectivity index (χ4v) is 3.51. The van der Waals surface area contributed by atoms with E-state index in [1.165, 1.54) is 5.56 Å². The second-order valence-corrected chi connectivity index (χ2v) is 7.47. The molecule has 0 fully saturated rings. The van der Waals surface area contributed by atoms with E-state index in [4.69, 9.17) is 21.8 Å². The number of rotatable bonds is 7. The van der Waals surface area contributed by atoms with Gasteiger partial charge in [0.15, 0.2) is 0 Å². The van der Waals surface area contributed by atoms with E-state index in [1.807, 2.05) is 48.5 Å². The monoisotopic (exact) mass is 402 g/mol. The van der Waals surface area contributed by atoms with Gasteiger partial charge in [-0.3, -0.25) is 0 Å². The Kier molecular flexibility index (Phi) is 6.03. The average Bonchev–Trinajstić information content (AvgIpc) is 3.16. The summed E-state index contributed by atoms with van der Waals surface area (Å²) >= 11 is 6.13. The van der Waals surface area contributed by atoms with Crippen LogP contribution in [0.1, 0.15) is 29.8 Å². The summed E-state index contributed by atoms with van der Waals surface area (Å²) in [7, 11) is 0. The zero-order valence-corrected chi connectivity index (χ0v) is 17.1. The van der Waals surface area contributed by atoms with Gasteiger partial charge in [-0.2, -0.15) is 15.0 Å². The van der Waals surface area contributed by atoms with Crippen LogP contribution in [0.4, 0.5) is 0 Å². The molecule has 1 atom stereocenters. The second-order valence-electron chi connectivity index (χ2n) is 7.03. The summed E-state index contributed by atoms with van der Waals surface area (Å²) in [6.45, 7) is 3.37. The van der Waals surface area contributed by atoms with Gasteiger partial charge in [0.2, 0.25) is 0 Å². The number of nitrogens with one attached hydrogen (secondary N) is 1. The molecule has 0 spiro atoms. The first-order valence-corrected chi connectivity index (χ1v) is 10.1. The van der Waals surface area contributed by atoms with Crippen molar-refractivity contribution in [2.45, 2.75) is 26.1 Å². The predicted molar refractivity (Wildman–Crippen MR) is 118 cm³/mol. The molecule has 1 aromatic heterocycles. The third kappa shape index (κ3) is 4.91. The van der Waals surface area contributed by atoms with Gasteiger partial charge in [0, 0.05) is 23.2 Å². The average molecular weight is 403 g/mol. The molecule has 3 aromatic carbocycles. The summed E-state index contributed by atoms with van der Waals surface area (Å²) in [6.07, 6.45) is 0. The van der Waals surface area contributed by atoms with Crippen LogP contribution in [0.25, 0.3) is 11.3 Å². The Bertz CT molecular complexity index is 1060. The van der Waals surface area contributed by atoms with E-state index in [2.05, 4.69) is 48.6 Å². The highest BCUT2D eigenvalue weighted by Gasteiger charge is 2.15. The Labute approximate surface area is 176 Å². The van der Waals surface area contributed by atoms with Gasteiger partial charge < -0.3 is 5.32 Å². The number of hydrogen-bond donors (Lipinski definition) is 1. The summed E-state index contributed by atoms with van der Waals surface area (Å²) in [5, 5.41) is 13.8. The molecule has 0 radical (unpaired) electrons. The minimum atomic E-state index is 0.220. The van der Waals surface area contributed by atoms with Crippen molar-refractivity contribution >= 4 is 11.6 Å². The largest absolute Gasteiger partial charge is 0.304 e. The highest BCUT2D eigenvalue weighted by atomic mass is 35.5. The molecule has 146 valence electrons. The summed E-state index contributed by atoms with van der Waals surface area (Å²) < 4.78 is 0. The number of hydrogen-bond acceptors (Lipinski definition) is 3. The number of halogens is 1. The van der Waals surface area contributed by atoms with Gasteiger partial charge >= 0.3 is 0 Å². The van der Waals surface area contributed by atoms with E-state index in [1.54, 1.807) is 4.80 Å². The van der Waals surface area contributed by atoms with Crippen molar-refractivity contribution < 1.29 is 0 Å². The minimum Gasteiger partial charge on any atom is -0.304 e. The molecule has 4 nitrogen and oxygen atoms in total. The van der Waals surface area contributed by atoms with Crippen molar-refractivity contribution in [1.82, 2.24) is 20.3 Å². The van der Waals surface area contributed by atoms with Crippen LogP contribution in [0, 0.1) is 0 Å². The van der Waals surface area contributed by atoms with Crippen molar-refractivity contribution in [2.24, 2.45) is 0 Å². The molecule has 29 heavy (non-hydrogen) atoms. The van der Waals surface area contributed by atoms with E-state index in [-0.39, 0.29) is 6.04 Å². The molecule has 0 aliphatic carbocycles. The molecular weight excluding hydrogens is 380 g/mol. The molecule has 0 unspecified atom stereocenters. The number of aromatic nitrogens is 3. The Morgan fingerprint density at radius 2 is 1.62 bits per heavy atom. The fourth-order valence-electron chi connectivity index (χ4n) is 3.30. The van der Waals surface area contributed by atoms with Gasteiger partial charge in [-0.25, -0.2) is 0 Å². The molecule has 0 saturated heterocycles. The lowest BCUT2D eigenvalue weighted by Crippen LogP contribution is -2.19. The molecule has 0 saturated carbocycles. The zero-order chi connectivity index (χ0) is 20.1. The van der Waals surface area contributed by atoms with Crippen molar-refractivity contribution in [3.8, 4) is 11.3 Å². The molecular formula is C24H23ClN4. The maximum Gasteiger partial charge on any atom is 0.117 e. The van der Waals surface area contributed by atoms with Gasteiger partial charge in [0.25, 0.3) is 0 Å². The van der Waals surface area contributed by atoms with Crippen molar-refractivity contribution in [3.05, 3.63) is 107 Å². The lowest BCUT2D eigenvalue weighted by atomic mass is 10.1. The molecule has 5 heteroatoms. The Morgan fingerprint density at radius 3 is 2.34 bits per heavy atom. The maximum atomic E-state index is 6.13. The third-order valence-electron chi connectivity index (χ3n) is 4.86. The highest BCUT2D eigenvalue weighted by molar-refractivity contribution is 6.30. The summed E-state index contributed by atoms with van der Waals surface area (Å²) in [5.41, 5.74) is 5.22. The van der Waals surface area contributed by atoms with Crippen LogP contribution < -0.4 is 5.32 Å². The molecule has 0 aliphatic rings. The predicted octanol–water partition coefficient (Wildman–Crippen LogP) is 5.50. The fraction of sp³-hybridized carbons (Fsp3) is 0.167. The maximum absolute atomic E-state index is 6.13. The number of nitrogens with zero attached hydrogens (tertiary/aromatic N) is 3. The van der Waals surface area contributed by atoms with Gasteiger partial charge in [-0.1, -0.05) is 84.4 Å². The summed E-state index contributed by atoms with van der Waals surface area (Å²) in [5.74, 6) is 0. The van der Waals surface area contributed by atoms with Crippen LogP contribution in [-0.4, -0.2) is 15.0 Å². The molecule has 0 amide bonds. The molecule has 0 aliphatic heterocycles. The van der Waals surface area contributed by atoms with E-state index >= 15 is 0 Å². The molecule has 0 bridgehead atoms. The SMILES string of the molecule is C[C@H](NCc1nn(Cc2cccc(Cl)c2)nc1-c1ccccc1)c1ccccc1.